The number of rotatable bonds is 11. The maximum atomic E-state index is 10.4. The third-order valence-electron chi connectivity index (χ3n) is 5.11. The molecule has 6 heteroatoms. The minimum absolute atomic E-state index is 0.228. The standard InChI is InChI=1S/C16H25NO.C10H13NO3/c1-14(2)18-16-9-7-15(8-10-16)6-5-13-17-11-3-4-12-17;1-13-8-2-4-9(5-3-8)14-7-6-10(11)12/h7-10,14H,3-6,11-13H2,1-2H3;2-5H,6-7H2,1H3,(H2,11,12). The molecule has 1 aliphatic rings. The number of ether oxygens (including phenoxy) is 3. The van der Waals surface area contributed by atoms with Gasteiger partial charge in [-0.1, -0.05) is 12.1 Å². The topological polar surface area (TPSA) is 74.0 Å². The zero-order chi connectivity index (χ0) is 23.2. The highest BCUT2D eigenvalue weighted by Gasteiger charge is 2.10. The van der Waals surface area contributed by atoms with Crippen molar-refractivity contribution in [2.75, 3.05) is 33.4 Å². The van der Waals surface area contributed by atoms with Crippen LogP contribution < -0.4 is 19.9 Å². The van der Waals surface area contributed by atoms with Crippen molar-refractivity contribution in [3.8, 4) is 17.2 Å². The van der Waals surface area contributed by atoms with Crippen molar-refractivity contribution in [1.82, 2.24) is 4.90 Å². The Bertz CT molecular complexity index is 769. The van der Waals surface area contributed by atoms with Crippen molar-refractivity contribution >= 4 is 5.91 Å². The van der Waals surface area contributed by atoms with E-state index in [1.165, 1.54) is 50.9 Å². The van der Waals surface area contributed by atoms with Gasteiger partial charge in [-0.15, -0.1) is 0 Å². The maximum Gasteiger partial charge on any atom is 0.220 e. The normalized spacial score (nSPS) is 13.4. The van der Waals surface area contributed by atoms with Gasteiger partial charge in [-0.3, -0.25) is 4.79 Å². The summed E-state index contributed by atoms with van der Waals surface area (Å²) in [5.41, 5.74) is 6.38. The predicted octanol–water partition coefficient (Wildman–Crippen LogP) is 4.45. The molecule has 1 heterocycles. The lowest BCUT2D eigenvalue weighted by molar-refractivity contribution is -0.118. The van der Waals surface area contributed by atoms with E-state index in [-0.39, 0.29) is 18.4 Å². The predicted molar refractivity (Wildman–Crippen MR) is 129 cm³/mol. The molecule has 2 aromatic rings. The fraction of sp³-hybridized carbons (Fsp3) is 0.500. The number of methoxy groups -OCH3 is 1. The second-order valence-corrected chi connectivity index (χ2v) is 8.20. The molecule has 0 atom stereocenters. The lowest BCUT2D eigenvalue weighted by atomic mass is 10.1. The Morgan fingerprint density at radius 3 is 2.12 bits per heavy atom. The molecule has 3 rings (SSSR count). The first-order chi connectivity index (χ1) is 15.5. The first-order valence-electron chi connectivity index (χ1n) is 11.5. The number of hydrogen-bond donors (Lipinski definition) is 1. The first-order valence-corrected chi connectivity index (χ1v) is 11.5. The van der Waals surface area contributed by atoms with Crippen LogP contribution >= 0.6 is 0 Å². The Kier molecular flexibility index (Phi) is 11.5. The van der Waals surface area contributed by atoms with E-state index in [0.717, 1.165) is 11.5 Å². The van der Waals surface area contributed by atoms with Gasteiger partial charge < -0.3 is 24.8 Å². The van der Waals surface area contributed by atoms with Gasteiger partial charge in [-0.05, 0) is 101 Å². The van der Waals surface area contributed by atoms with Crippen molar-refractivity contribution in [3.05, 3.63) is 54.1 Å². The smallest absolute Gasteiger partial charge is 0.220 e. The summed E-state index contributed by atoms with van der Waals surface area (Å²) < 4.78 is 15.9. The highest BCUT2D eigenvalue weighted by molar-refractivity contribution is 5.73. The van der Waals surface area contributed by atoms with Gasteiger partial charge >= 0.3 is 0 Å². The molecule has 6 nitrogen and oxygen atoms in total. The third-order valence-corrected chi connectivity index (χ3v) is 5.11. The summed E-state index contributed by atoms with van der Waals surface area (Å²) in [6.07, 6.45) is 5.71. The molecule has 0 unspecified atom stereocenters. The number of hydrogen-bond acceptors (Lipinski definition) is 5. The Morgan fingerprint density at radius 1 is 0.969 bits per heavy atom. The highest BCUT2D eigenvalue weighted by atomic mass is 16.5. The molecule has 176 valence electrons. The van der Waals surface area contributed by atoms with E-state index in [2.05, 4.69) is 43.0 Å². The summed E-state index contributed by atoms with van der Waals surface area (Å²) >= 11 is 0. The molecule has 0 radical (unpaired) electrons. The van der Waals surface area contributed by atoms with Gasteiger partial charge in [0, 0.05) is 0 Å². The van der Waals surface area contributed by atoms with Gasteiger partial charge in [0.25, 0.3) is 0 Å². The first kappa shape index (κ1) is 25.5. The van der Waals surface area contributed by atoms with Crippen LogP contribution in [0.25, 0.3) is 0 Å². The van der Waals surface area contributed by atoms with Gasteiger partial charge in [0.05, 0.1) is 26.2 Å². The van der Waals surface area contributed by atoms with Crippen LogP contribution in [0.4, 0.5) is 0 Å². The van der Waals surface area contributed by atoms with E-state index < -0.39 is 0 Å². The van der Waals surface area contributed by atoms with Gasteiger partial charge in [0.2, 0.25) is 5.91 Å². The SMILES string of the molecule is CC(C)Oc1ccc(CCCN2CCCC2)cc1.COc1ccc(OCCC(N)=O)cc1. The molecule has 0 aromatic heterocycles. The lowest BCUT2D eigenvalue weighted by Crippen LogP contribution is -2.20. The zero-order valence-corrected chi connectivity index (χ0v) is 19.7. The van der Waals surface area contributed by atoms with Gasteiger partial charge in [0.15, 0.2) is 0 Å². The summed E-state index contributed by atoms with van der Waals surface area (Å²) in [6, 6.07) is 15.7. The van der Waals surface area contributed by atoms with Crippen molar-refractivity contribution < 1.29 is 19.0 Å². The molecule has 0 aliphatic carbocycles. The van der Waals surface area contributed by atoms with Crippen LogP contribution in [-0.4, -0.2) is 50.3 Å². The number of amides is 1. The Balaban J connectivity index is 0.000000235. The Labute approximate surface area is 192 Å². The summed E-state index contributed by atoms with van der Waals surface area (Å²) in [7, 11) is 1.60. The summed E-state index contributed by atoms with van der Waals surface area (Å²) in [5, 5.41) is 0. The molecule has 2 aromatic carbocycles. The molecule has 1 amide bonds. The quantitative estimate of drug-likeness (QED) is 0.556. The van der Waals surface area contributed by atoms with Gasteiger partial charge in [-0.2, -0.15) is 0 Å². The number of carbonyl (C=O) groups excluding carboxylic acids is 1. The average molecular weight is 443 g/mol. The minimum Gasteiger partial charge on any atom is -0.497 e. The van der Waals surface area contributed by atoms with Crippen molar-refractivity contribution in [2.24, 2.45) is 5.73 Å². The molecular weight excluding hydrogens is 404 g/mol. The number of nitrogens with two attached hydrogens (primary N) is 1. The van der Waals surface area contributed by atoms with Crippen LogP contribution in [-0.2, 0) is 11.2 Å². The fourth-order valence-electron chi connectivity index (χ4n) is 3.46. The maximum absolute atomic E-state index is 10.4. The molecule has 0 bridgehead atoms. The fourth-order valence-corrected chi connectivity index (χ4v) is 3.46. The van der Waals surface area contributed by atoms with Gasteiger partial charge in [0.1, 0.15) is 17.2 Å². The summed E-state index contributed by atoms with van der Waals surface area (Å²) in [5.74, 6) is 2.09. The Hall–Kier alpha value is -2.73. The minimum atomic E-state index is -0.362. The van der Waals surface area contributed by atoms with Crippen LogP contribution in [0.15, 0.2) is 48.5 Å². The number of benzene rings is 2. The number of nitrogens with zero attached hydrogens (tertiary/aromatic N) is 1. The van der Waals surface area contributed by atoms with E-state index >= 15 is 0 Å². The van der Waals surface area contributed by atoms with Crippen LogP contribution in [0, 0.1) is 0 Å². The summed E-state index contributed by atoms with van der Waals surface area (Å²) in [4.78, 5) is 13.0. The van der Waals surface area contributed by atoms with Crippen LogP contribution in [0.2, 0.25) is 0 Å². The average Bonchev–Trinajstić information content (AvgIpc) is 3.29. The molecule has 1 fully saturated rings. The lowest BCUT2D eigenvalue weighted by Gasteiger charge is -2.14. The molecular formula is C26H38N2O4. The summed E-state index contributed by atoms with van der Waals surface area (Å²) in [6.45, 7) is 8.29. The number of likely N-dealkylation sites (tertiary alicyclic amines) is 1. The van der Waals surface area contributed by atoms with E-state index in [1.54, 1.807) is 31.4 Å². The Morgan fingerprint density at radius 2 is 1.56 bits per heavy atom. The number of aryl methyl sites for hydroxylation is 1. The monoisotopic (exact) mass is 442 g/mol. The molecule has 1 aliphatic heterocycles. The second kappa shape index (κ2) is 14.4. The third kappa shape index (κ3) is 10.5. The second-order valence-electron chi connectivity index (χ2n) is 8.20. The molecule has 1 saturated heterocycles. The van der Waals surface area contributed by atoms with Gasteiger partial charge in [-0.25, -0.2) is 0 Å². The van der Waals surface area contributed by atoms with Crippen LogP contribution in [0.3, 0.4) is 0 Å². The van der Waals surface area contributed by atoms with Crippen molar-refractivity contribution in [3.63, 3.8) is 0 Å². The van der Waals surface area contributed by atoms with E-state index in [1.807, 2.05) is 0 Å². The highest BCUT2D eigenvalue weighted by Crippen LogP contribution is 2.17. The number of primary amides is 1. The van der Waals surface area contributed by atoms with E-state index in [4.69, 9.17) is 19.9 Å². The van der Waals surface area contributed by atoms with E-state index in [0.29, 0.717) is 12.4 Å². The largest absolute Gasteiger partial charge is 0.497 e. The molecule has 0 spiro atoms. The molecule has 32 heavy (non-hydrogen) atoms. The number of carbonyl (C=O) groups is 1. The zero-order valence-electron chi connectivity index (χ0n) is 19.7. The molecule has 0 saturated carbocycles. The van der Waals surface area contributed by atoms with Crippen LogP contribution in [0.5, 0.6) is 17.2 Å². The van der Waals surface area contributed by atoms with E-state index in [9.17, 15) is 4.79 Å². The van der Waals surface area contributed by atoms with Crippen molar-refractivity contribution in [2.45, 2.75) is 52.1 Å². The molecule has 2 N–H and O–H groups in total. The van der Waals surface area contributed by atoms with Crippen molar-refractivity contribution in [1.29, 1.82) is 0 Å². The van der Waals surface area contributed by atoms with Crippen LogP contribution in [0.1, 0.15) is 45.1 Å².